The van der Waals surface area contributed by atoms with E-state index in [-0.39, 0.29) is 11.8 Å². The van der Waals surface area contributed by atoms with E-state index < -0.39 is 0 Å². The molecule has 5 nitrogen and oxygen atoms in total. The highest BCUT2D eigenvalue weighted by Crippen LogP contribution is 2.24. The van der Waals surface area contributed by atoms with Crippen LogP contribution in [-0.2, 0) is 9.59 Å². The summed E-state index contributed by atoms with van der Waals surface area (Å²) in [7, 11) is 0. The molecule has 2 rings (SSSR count). The highest BCUT2D eigenvalue weighted by molar-refractivity contribution is 5.97. The van der Waals surface area contributed by atoms with E-state index in [1.165, 1.54) is 0 Å². The van der Waals surface area contributed by atoms with Crippen LogP contribution < -0.4 is 15.5 Å². The molecule has 1 aliphatic rings. The van der Waals surface area contributed by atoms with Crippen LogP contribution in [0.5, 0.6) is 0 Å². The van der Waals surface area contributed by atoms with E-state index in [0.717, 1.165) is 24.3 Å². The van der Waals surface area contributed by atoms with Gasteiger partial charge in [-0.1, -0.05) is 19.9 Å². The molecule has 114 valence electrons. The third-order valence-corrected chi connectivity index (χ3v) is 3.42. The Bertz CT molecular complexity index is 514. The van der Waals surface area contributed by atoms with Crippen molar-refractivity contribution >= 4 is 23.2 Å². The Labute approximate surface area is 125 Å². The summed E-state index contributed by atoms with van der Waals surface area (Å²) in [5, 5.41) is 6.09. The minimum atomic E-state index is -0.0203. The van der Waals surface area contributed by atoms with Crippen LogP contribution in [0.3, 0.4) is 0 Å². The first-order valence-electron chi connectivity index (χ1n) is 7.50. The first-order chi connectivity index (χ1) is 10.1. The lowest BCUT2D eigenvalue weighted by atomic mass is 10.2. The van der Waals surface area contributed by atoms with Gasteiger partial charge >= 0.3 is 0 Å². The summed E-state index contributed by atoms with van der Waals surface area (Å²) in [4.78, 5) is 25.4. The lowest BCUT2D eigenvalue weighted by Gasteiger charge is -2.17. The molecule has 0 aromatic heterocycles. The summed E-state index contributed by atoms with van der Waals surface area (Å²) >= 11 is 0. The molecule has 1 aromatic carbocycles. The van der Waals surface area contributed by atoms with Gasteiger partial charge in [-0.3, -0.25) is 9.59 Å². The largest absolute Gasteiger partial charge is 0.326 e. The lowest BCUT2D eigenvalue weighted by Crippen LogP contribution is -2.27. The number of rotatable bonds is 6. The van der Waals surface area contributed by atoms with Gasteiger partial charge in [-0.25, -0.2) is 0 Å². The topological polar surface area (TPSA) is 61.4 Å². The van der Waals surface area contributed by atoms with Gasteiger partial charge in [-0.15, -0.1) is 0 Å². The van der Waals surface area contributed by atoms with Crippen molar-refractivity contribution in [1.29, 1.82) is 0 Å². The van der Waals surface area contributed by atoms with Crippen molar-refractivity contribution < 1.29 is 9.59 Å². The Hall–Kier alpha value is -1.88. The Kier molecular flexibility index (Phi) is 5.33. The first kappa shape index (κ1) is 15.5. The number of nitrogens with one attached hydrogen (secondary N) is 2. The second-order valence-electron chi connectivity index (χ2n) is 5.61. The molecule has 2 amide bonds. The molecular formula is C16H23N3O2. The normalized spacial score (nSPS) is 14.8. The summed E-state index contributed by atoms with van der Waals surface area (Å²) in [6.45, 7) is 5.52. The van der Waals surface area contributed by atoms with Crippen molar-refractivity contribution in [3.63, 3.8) is 0 Å². The fourth-order valence-corrected chi connectivity index (χ4v) is 2.37. The van der Waals surface area contributed by atoms with Crippen molar-refractivity contribution in [2.45, 2.75) is 39.2 Å². The molecule has 2 N–H and O–H groups in total. The van der Waals surface area contributed by atoms with E-state index in [0.29, 0.717) is 25.4 Å². The van der Waals surface area contributed by atoms with Crippen LogP contribution in [0.2, 0.25) is 0 Å². The molecule has 0 atom stereocenters. The van der Waals surface area contributed by atoms with Gasteiger partial charge in [-0.05, 0) is 24.6 Å². The highest BCUT2D eigenvalue weighted by atomic mass is 16.2. The van der Waals surface area contributed by atoms with Crippen molar-refractivity contribution in [2.24, 2.45) is 0 Å². The van der Waals surface area contributed by atoms with Gasteiger partial charge in [0.15, 0.2) is 0 Å². The van der Waals surface area contributed by atoms with E-state index in [9.17, 15) is 9.59 Å². The fraction of sp³-hybridized carbons (Fsp3) is 0.500. The maximum Gasteiger partial charge on any atom is 0.227 e. The average molecular weight is 289 g/mol. The third kappa shape index (κ3) is 4.56. The Morgan fingerprint density at radius 3 is 2.86 bits per heavy atom. The van der Waals surface area contributed by atoms with Crippen LogP contribution in [0.25, 0.3) is 0 Å². The number of benzene rings is 1. The maximum atomic E-state index is 11.9. The zero-order valence-electron chi connectivity index (χ0n) is 12.7. The summed E-state index contributed by atoms with van der Waals surface area (Å²) in [5.74, 6) is 0.132. The van der Waals surface area contributed by atoms with E-state index in [1.807, 2.05) is 24.3 Å². The molecule has 0 saturated carbocycles. The SMILES string of the molecule is CC(C)NCCC(=O)Nc1cccc(N2CCCC2=O)c1. The molecule has 1 fully saturated rings. The second kappa shape index (κ2) is 7.22. The lowest BCUT2D eigenvalue weighted by molar-refractivity contribution is -0.117. The third-order valence-electron chi connectivity index (χ3n) is 3.42. The molecule has 1 aromatic rings. The number of amides is 2. The molecule has 0 bridgehead atoms. The predicted octanol–water partition coefficient (Wildman–Crippen LogP) is 2.14. The minimum absolute atomic E-state index is 0.0203. The number of anilines is 2. The summed E-state index contributed by atoms with van der Waals surface area (Å²) in [6, 6.07) is 7.85. The smallest absolute Gasteiger partial charge is 0.227 e. The molecule has 1 aliphatic heterocycles. The quantitative estimate of drug-likeness (QED) is 0.843. The number of hydrogen-bond acceptors (Lipinski definition) is 3. The van der Waals surface area contributed by atoms with Crippen LogP contribution in [0, 0.1) is 0 Å². The number of carbonyl (C=O) groups is 2. The average Bonchev–Trinajstić information content (AvgIpc) is 2.85. The standard InChI is InChI=1S/C16H23N3O2/c1-12(2)17-9-8-15(20)18-13-5-3-6-14(11-13)19-10-4-7-16(19)21/h3,5-6,11-12,17H,4,7-10H2,1-2H3,(H,18,20). The van der Waals surface area contributed by atoms with E-state index >= 15 is 0 Å². The molecule has 0 spiro atoms. The van der Waals surface area contributed by atoms with Gasteiger partial charge in [0.25, 0.3) is 0 Å². The highest BCUT2D eigenvalue weighted by Gasteiger charge is 2.21. The Morgan fingerprint density at radius 2 is 2.19 bits per heavy atom. The molecule has 21 heavy (non-hydrogen) atoms. The van der Waals surface area contributed by atoms with E-state index in [2.05, 4.69) is 24.5 Å². The number of hydrogen-bond donors (Lipinski definition) is 2. The molecule has 0 radical (unpaired) electrons. The van der Waals surface area contributed by atoms with Crippen molar-refractivity contribution in [2.75, 3.05) is 23.3 Å². The predicted molar refractivity (Wildman–Crippen MR) is 84.4 cm³/mol. The van der Waals surface area contributed by atoms with Crippen molar-refractivity contribution in [3.8, 4) is 0 Å². The molecular weight excluding hydrogens is 266 g/mol. The van der Waals surface area contributed by atoms with Crippen LogP contribution in [-0.4, -0.2) is 30.9 Å². The molecule has 1 heterocycles. The Morgan fingerprint density at radius 1 is 1.38 bits per heavy atom. The molecule has 1 saturated heterocycles. The van der Waals surface area contributed by atoms with Crippen LogP contribution in [0.1, 0.15) is 33.1 Å². The zero-order valence-corrected chi connectivity index (χ0v) is 12.7. The van der Waals surface area contributed by atoms with Crippen molar-refractivity contribution in [3.05, 3.63) is 24.3 Å². The summed E-state index contributed by atoms with van der Waals surface area (Å²) in [6.07, 6.45) is 1.94. The van der Waals surface area contributed by atoms with Crippen LogP contribution in [0.4, 0.5) is 11.4 Å². The number of carbonyl (C=O) groups excluding carboxylic acids is 2. The summed E-state index contributed by atoms with van der Waals surface area (Å²) in [5.41, 5.74) is 1.59. The Balaban J connectivity index is 1.91. The molecule has 0 unspecified atom stereocenters. The van der Waals surface area contributed by atoms with E-state index in [4.69, 9.17) is 0 Å². The van der Waals surface area contributed by atoms with Gasteiger partial charge < -0.3 is 15.5 Å². The zero-order chi connectivity index (χ0) is 15.2. The van der Waals surface area contributed by atoms with E-state index in [1.54, 1.807) is 4.90 Å². The van der Waals surface area contributed by atoms with Gasteiger partial charge in [0.1, 0.15) is 0 Å². The summed E-state index contributed by atoms with van der Waals surface area (Å²) < 4.78 is 0. The maximum absolute atomic E-state index is 11.9. The monoisotopic (exact) mass is 289 g/mol. The van der Waals surface area contributed by atoms with Crippen LogP contribution in [0.15, 0.2) is 24.3 Å². The van der Waals surface area contributed by atoms with Gasteiger partial charge in [0, 0.05) is 43.3 Å². The van der Waals surface area contributed by atoms with Gasteiger partial charge in [0.05, 0.1) is 0 Å². The minimum Gasteiger partial charge on any atom is -0.326 e. The molecule has 5 heteroatoms. The van der Waals surface area contributed by atoms with Crippen molar-refractivity contribution in [1.82, 2.24) is 5.32 Å². The second-order valence-corrected chi connectivity index (χ2v) is 5.61. The number of nitrogens with zero attached hydrogens (tertiary/aromatic N) is 1. The fourth-order valence-electron chi connectivity index (χ4n) is 2.37. The first-order valence-corrected chi connectivity index (χ1v) is 7.50. The van der Waals surface area contributed by atoms with Crippen LogP contribution >= 0.6 is 0 Å². The molecule has 0 aliphatic carbocycles. The van der Waals surface area contributed by atoms with Gasteiger partial charge in [-0.2, -0.15) is 0 Å². The van der Waals surface area contributed by atoms with Gasteiger partial charge in [0.2, 0.25) is 11.8 Å².